The van der Waals surface area contributed by atoms with Gasteiger partial charge in [-0.25, -0.2) is 4.79 Å². The minimum atomic E-state index is -0.239. The van der Waals surface area contributed by atoms with E-state index in [1.54, 1.807) is 0 Å². The highest BCUT2D eigenvalue weighted by molar-refractivity contribution is 7.05. The van der Waals surface area contributed by atoms with Crippen molar-refractivity contribution in [2.45, 2.75) is 26.7 Å². The molecule has 3 rings (SSSR count). The van der Waals surface area contributed by atoms with E-state index in [0.717, 1.165) is 21.8 Å². The maximum atomic E-state index is 11.8. The number of fused-ring (bicyclic) bond motifs is 1. The molecule has 0 saturated carbocycles. The number of anilines is 1. The fraction of sp³-hybridized carbons (Fsp3) is 0.308. The zero-order chi connectivity index (χ0) is 13.9. The molecule has 1 aromatic heterocycles. The van der Waals surface area contributed by atoms with Crippen LogP contribution in [-0.4, -0.2) is 15.6 Å². The largest absolute Gasteiger partial charge is 0.372 e. The van der Waals surface area contributed by atoms with E-state index < -0.39 is 0 Å². The number of hydrogen-bond acceptors (Lipinski definition) is 5. The maximum Gasteiger partial charge on any atom is 0.319 e. The van der Waals surface area contributed by atoms with Crippen LogP contribution in [0.25, 0.3) is 0 Å². The van der Waals surface area contributed by atoms with Gasteiger partial charge < -0.3 is 15.4 Å². The monoisotopic (exact) mass is 290 g/mol. The van der Waals surface area contributed by atoms with Crippen LogP contribution in [0.15, 0.2) is 18.2 Å². The second kappa shape index (κ2) is 5.56. The van der Waals surface area contributed by atoms with E-state index >= 15 is 0 Å². The van der Waals surface area contributed by atoms with E-state index in [0.29, 0.717) is 19.8 Å². The first-order valence-electron chi connectivity index (χ1n) is 6.24. The van der Waals surface area contributed by atoms with Gasteiger partial charge in [-0.2, -0.15) is 0 Å². The van der Waals surface area contributed by atoms with Crippen LogP contribution in [0.2, 0.25) is 0 Å². The molecule has 0 radical (unpaired) electrons. The number of aryl methyl sites for hydroxylation is 1. The molecule has 2 heterocycles. The first-order chi connectivity index (χ1) is 9.72. The third-order valence-electron chi connectivity index (χ3n) is 3.13. The molecule has 0 aliphatic carbocycles. The molecule has 0 unspecified atom stereocenters. The third-order valence-corrected chi connectivity index (χ3v) is 3.96. The van der Waals surface area contributed by atoms with Crippen molar-refractivity contribution in [1.29, 1.82) is 0 Å². The predicted octanol–water partition coefficient (Wildman–Crippen LogP) is 2.20. The number of hydrogen-bond donors (Lipinski definition) is 2. The maximum absolute atomic E-state index is 11.8. The molecule has 1 aliphatic heterocycles. The summed E-state index contributed by atoms with van der Waals surface area (Å²) in [6.07, 6.45) is 0. The lowest BCUT2D eigenvalue weighted by Crippen LogP contribution is -2.28. The van der Waals surface area contributed by atoms with Crippen LogP contribution in [-0.2, 0) is 24.5 Å². The Bertz CT molecular complexity index is 641. The third kappa shape index (κ3) is 2.78. The van der Waals surface area contributed by atoms with Gasteiger partial charge in [0, 0.05) is 5.69 Å². The molecule has 0 atom stereocenters. The fourth-order valence-electron chi connectivity index (χ4n) is 2.00. The van der Waals surface area contributed by atoms with Crippen molar-refractivity contribution in [3.05, 3.63) is 39.9 Å². The Labute approximate surface area is 120 Å². The summed E-state index contributed by atoms with van der Waals surface area (Å²) in [5.74, 6) is 0. The quantitative estimate of drug-likeness (QED) is 0.908. The summed E-state index contributed by atoms with van der Waals surface area (Å²) in [6, 6.07) is 5.57. The molecule has 2 amide bonds. The summed E-state index contributed by atoms with van der Waals surface area (Å²) >= 11 is 1.29. The summed E-state index contributed by atoms with van der Waals surface area (Å²) in [7, 11) is 0. The van der Waals surface area contributed by atoms with E-state index in [1.807, 2.05) is 25.1 Å². The van der Waals surface area contributed by atoms with Gasteiger partial charge in [0.2, 0.25) is 0 Å². The van der Waals surface area contributed by atoms with Gasteiger partial charge in [0.05, 0.1) is 30.3 Å². The van der Waals surface area contributed by atoms with E-state index in [2.05, 4.69) is 20.2 Å². The highest BCUT2D eigenvalue weighted by Crippen LogP contribution is 2.23. The summed E-state index contributed by atoms with van der Waals surface area (Å²) in [6.45, 7) is 3.57. The first-order valence-corrected chi connectivity index (χ1v) is 7.02. The van der Waals surface area contributed by atoms with Crippen LogP contribution in [0.1, 0.15) is 21.7 Å². The SMILES string of the molecule is Cc1nnsc1CNC(=O)Nc1ccc2c(c1)COC2. The average Bonchev–Trinajstić information content (AvgIpc) is 3.04. The normalized spacial score (nSPS) is 13.1. The number of urea groups is 1. The summed E-state index contributed by atoms with van der Waals surface area (Å²) < 4.78 is 9.17. The van der Waals surface area contributed by atoms with E-state index in [4.69, 9.17) is 4.74 Å². The Kier molecular flexibility index (Phi) is 3.62. The van der Waals surface area contributed by atoms with Crippen LogP contribution in [0.3, 0.4) is 0 Å². The standard InChI is InChI=1S/C13H14N4O2S/c1-8-12(20-17-16-8)5-14-13(18)15-11-3-2-9-6-19-7-10(9)4-11/h2-4H,5-7H2,1H3,(H2,14,15,18). The Balaban J connectivity index is 1.58. The highest BCUT2D eigenvalue weighted by atomic mass is 32.1. The van der Waals surface area contributed by atoms with Gasteiger partial charge in [-0.15, -0.1) is 5.10 Å². The summed E-state index contributed by atoms with van der Waals surface area (Å²) in [5.41, 5.74) is 3.93. The predicted molar refractivity (Wildman–Crippen MR) is 75.4 cm³/mol. The van der Waals surface area contributed by atoms with E-state index in [-0.39, 0.29) is 6.03 Å². The number of carbonyl (C=O) groups excluding carboxylic acids is 1. The molecule has 1 aliphatic rings. The topological polar surface area (TPSA) is 76.1 Å². The van der Waals surface area contributed by atoms with Crippen LogP contribution in [0.4, 0.5) is 10.5 Å². The van der Waals surface area contributed by atoms with Crippen molar-refractivity contribution in [3.8, 4) is 0 Å². The molecule has 0 spiro atoms. The zero-order valence-corrected chi connectivity index (χ0v) is 11.8. The van der Waals surface area contributed by atoms with Crippen LogP contribution >= 0.6 is 11.5 Å². The molecule has 0 fully saturated rings. The minimum Gasteiger partial charge on any atom is -0.372 e. The van der Waals surface area contributed by atoms with Crippen molar-refractivity contribution < 1.29 is 9.53 Å². The molecule has 0 bridgehead atoms. The van der Waals surface area contributed by atoms with Crippen molar-refractivity contribution in [2.24, 2.45) is 0 Å². The van der Waals surface area contributed by atoms with E-state index in [1.165, 1.54) is 17.1 Å². The Morgan fingerprint density at radius 2 is 2.25 bits per heavy atom. The first kappa shape index (κ1) is 13.0. The molecule has 6 nitrogen and oxygen atoms in total. The molecule has 2 N–H and O–H groups in total. The minimum absolute atomic E-state index is 0.239. The smallest absolute Gasteiger partial charge is 0.319 e. The van der Waals surface area contributed by atoms with Gasteiger partial charge in [-0.1, -0.05) is 10.6 Å². The Hall–Kier alpha value is -1.99. The van der Waals surface area contributed by atoms with Crippen molar-refractivity contribution in [2.75, 3.05) is 5.32 Å². The fourth-order valence-corrected chi connectivity index (χ4v) is 2.57. The molecular weight excluding hydrogens is 276 g/mol. The number of aromatic nitrogens is 2. The van der Waals surface area contributed by atoms with Crippen molar-refractivity contribution in [1.82, 2.24) is 14.9 Å². The number of rotatable bonds is 3. The second-order valence-corrected chi connectivity index (χ2v) is 5.40. The molecule has 104 valence electrons. The lowest BCUT2D eigenvalue weighted by molar-refractivity contribution is 0.134. The molecule has 2 aromatic rings. The van der Waals surface area contributed by atoms with Gasteiger partial charge in [-0.05, 0) is 41.7 Å². The highest BCUT2D eigenvalue weighted by Gasteiger charge is 2.12. The summed E-state index contributed by atoms with van der Waals surface area (Å²) in [5, 5.41) is 9.50. The van der Waals surface area contributed by atoms with Crippen LogP contribution in [0.5, 0.6) is 0 Å². The molecule has 7 heteroatoms. The number of nitrogens with zero attached hydrogens (tertiary/aromatic N) is 2. The Morgan fingerprint density at radius 3 is 3.05 bits per heavy atom. The zero-order valence-electron chi connectivity index (χ0n) is 11.0. The number of ether oxygens (including phenoxy) is 1. The van der Waals surface area contributed by atoms with Gasteiger partial charge in [0.1, 0.15) is 0 Å². The average molecular weight is 290 g/mol. The van der Waals surface area contributed by atoms with Crippen LogP contribution in [0, 0.1) is 6.92 Å². The van der Waals surface area contributed by atoms with Gasteiger partial charge in [-0.3, -0.25) is 0 Å². The molecular formula is C13H14N4O2S. The number of benzene rings is 1. The summed E-state index contributed by atoms with van der Waals surface area (Å²) in [4.78, 5) is 12.8. The lowest BCUT2D eigenvalue weighted by atomic mass is 10.1. The molecule has 1 aromatic carbocycles. The van der Waals surface area contributed by atoms with Crippen molar-refractivity contribution in [3.63, 3.8) is 0 Å². The number of nitrogens with one attached hydrogen (secondary N) is 2. The van der Waals surface area contributed by atoms with Crippen molar-refractivity contribution >= 4 is 23.3 Å². The van der Waals surface area contributed by atoms with Gasteiger partial charge >= 0.3 is 6.03 Å². The second-order valence-electron chi connectivity index (χ2n) is 4.57. The number of amides is 2. The molecule has 20 heavy (non-hydrogen) atoms. The molecule has 0 saturated heterocycles. The number of carbonyl (C=O) groups is 1. The van der Waals surface area contributed by atoms with Gasteiger partial charge in [0.25, 0.3) is 0 Å². The van der Waals surface area contributed by atoms with Crippen LogP contribution < -0.4 is 10.6 Å². The van der Waals surface area contributed by atoms with Gasteiger partial charge in [0.15, 0.2) is 0 Å². The van der Waals surface area contributed by atoms with E-state index in [9.17, 15) is 4.79 Å². The Morgan fingerprint density at radius 1 is 1.40 bits per heavy atom. The lowest BCUT2D eigenvalue weighted by Gasteiger charge is -2.08.